The normalized spacial score (nSPS) is 13.5. The van der Waals surface area contributed by atoms with Crippen LogP contribution in [0.4, 0.5) is 5.00 Å². The van der Waals surface area contributed by atoms with Crippen LogP contribution in [0.3, 0.4) is 0 Å². The molecular weight excluding hydrogens is 384 g/mol. The van der Waals surface area contributed by atoms with Gasteiger partial charge in [-0.15, -0.1) is 22.7 Å². The molecule has 0 unspecified atom stereocenters. The van der Waals surface area contributed by atoms with Crippen LogP contribution in [-0.4, -0.2) is 35.8 Å². The van der Waals surface area contributed by atoms with E-state index >= 15 is 0 Å². The van der Waals surface area contributed by atoms with Crippen LogP contribution in [0.5, 0.6) is 0 Å². The van der Waals surface area contributed by atoms with Crippen LogP contribution in [-0.2, 0) is 27.3 Å². The molecule has 8 heteroatoms. The van der Waals surface area contributed by atoms with Gasteiger partial charge in [0.2, 0.25) is 11.8 Å². The first-order valence-electron chi connectivity index (χ1n) is 8.59. The molecule has 0 bridgehead atoms. The minimum Gasteiger partial charge on any atom is -0.462 e. The first-order chi connectivity index (χ1) is 13.0. The van der Waals surface area contributed by atoms with Gasteiger partial charge < -0.3 is 15.0 Å². The maximum absolute atomic E-state index is 12.5. The number of hydrogen-bond acceptors (Lipinski definition) is 6. The quantitative estimate of drug-likeness (QED) is 0.611. The molecule has 2 amide bonds. The molecule has 2 aromatic heterocycles. The van der Waals surface area contributed by atoms with Gasteiger partial charge in [0.05, 0.1) is 18.7 Å². The molecule has 2 aromatic rings. The summed E-state index contributed by atoms with van der Waals surface area (Å²) in [5, 5.41) is 5.22. The van der Waals surface area contributed by atoms with Crippen molar-refractivity contribution >= 4 is 51.5 Å². The SMILES string of the molecule is CCOC(=O)c1c(NC(=O)C=Cc2cccs2)sc2c1CCN(C(C)=O)C2. The predicted molar refractivity (Wildman–Crippen MR) is 107 cm³/mol. The Morgan fingerprint density at radius 2 is 2.19 bits per heavy atom. The van der Waals surface area contributed by atoms with Crippen LogP contribution in [0, 0.1) is 0 Å². The van der Waals surface area contributed by atoms with E-state index in [1.807, 2.05) is 17.5 Å². The first kappa shape index (κ1) is 19.3. The van der Waals surface area contributed by atoms with Crippen LogP contribution >= 0.6 is 22.7 Å². The zero-order chi connectivity index (χ0) is 19.4. The number of hydrogen-bond donors (Lipinski definition) is 1. The Kier molecular flexibility index (Phi) is 6.08. The number of esters is 1. The smallest absolute Gasteiger partial charge is 0.341 e. The van der Waals surface area contributed by atoms with Gasteiger partial charge in [-0.25, -0.2) is 4.79 Å². The molecule has 1 aliphatic heterocycles. The van der Waals surface area contributed by atoms with Crippen LogP contribution in [0.2, 0.25) is 0 Å². The lowest BCUT2D eigenvalue weighted by molar-refractivity contribution is -0.129. The Hall–Kier alpha value is -2.45. The summed E-state index contributed by atoms with van der Waals surface area (Å²) in [4.78, 5) is 40.1. The zero-order valence-corrected chi connectivity index (χ0v) is 16.7. The van der Waals surface area contributed by atoms with E-state index in [0.717, 1.165) is 15.3 Å². The fraction of sp³-hybridized carbons (Fsp3) is 0.316. The molecule has 0 radical (unpaired) electrons. The number of fused-ring (bicyclic) bond motifs is 1. The highest BCUT2D eigenvalue weighted by atomic mass is 32.1. The molecule has 142 valence electrons. The van der Waals surface area contributed by atoms with Crippen molar-refractivity contribution in [3.05, 3.63) is 44.5 Å². The van der Waals surface area contributed by atoms with E-state index in [4.69, 9.17) is 4.74 Å². The number of anilines is 1. The fourth-order valence-electron chi connectivity index (χ4n) is 2.88. The highest BCUT2D eigenvalue weighted by Crippen LogP contribution is 2.37. The molecule has 0 aromatic carbocycles. The van der Waals surface area contributed by atoms with Crippen molar-refractivity contribution in [1.82, 2.24) is 4.90 Å². The van der Waals surface area contributed by atoms with Crippen molar-refractivity contribution < 1.29 is 19.1 Å². The minimum absolute atomic E-state index is 0.00352. The Balaban J connectivity index is 1.86. The van der Waals surface area contributed by atoms with Gasteiger partial charge in [-0.1, -0.05) is 6.07 Å². The lowest BCUT2D eigenvalue weighted by Gasteiger charge is -2.25. The van der Waals surface area contributed by atoms with Gasteiger partial charge in [0, 0.05) is 29.3 Å². The largest absolute Gasteiger partial charge is 0.462 e. The van der Waals surface area contributed by atoms with Crippen molar-refractivity contribution in [2.75, 3.05) is 18.5 Å². The summed E-state index contributed by atoms with van der Waals surface area (Å²) in [6.07, 6.45) is 3.75. The summed E-state index contributed by atoms with van der Waals surface area (Å²) >= 11 is 2.87. The third kappa shape index (κ3) is 4.45. The summed E-state index contributed by atoms with van der Waals surface area (Å²) < 4.78 is 5.19. The highest BCUT2D eigenvalue weighted by molar-refractivity contribution is 7.17. The summed E-state index contributed by atoms with van der Waals surface area (Å²) in [5.41, 5.74) is 1.28. The Labute approximate surface area is 165 Å². The van der Waals surface area contributed by atoms with E-state index in [0.29, 0.717) is 30.1 Å². The molecule has 1 N–H and O–H groups in total. The summed E-state index contributed by atoms with van der Waals surface area (Å²) in [7, 11) is 0. The molecule has 0 fully saturated rings. The maximum atomic E-state index is 12.5. The zero-order valence-electron chi connectivity index (χ0n) is 15.1. The molecular formula is C19H20N2O4S2. The summed E-state index contributed by atoms with van der Waals surface area (Å²) in [5.74, 6) is -0.754. The monoisotopic (exact) mass is 404 g/mol. The summed E-state index contributed by atoms with van der Waals surface area (Å²) in [6, 6.07) is 3.83. The molecule has 6 nitrogen and oxygen atoms in total. The van der Waals surface area contributed by atoms with E-state index in [1.165, 1.54) is 35.7 Å². The third-order valence-electron chi connectivity index (χ3n) is 4.16. The minimum atomic E-state index is -0.441. The predicted octanol–water partition coefficient (Wildman–Crippen LogP) is 3.54. The average molecular weight is 405 g/mol. The van der Waals surface area contributed by atoms with E-state index in [1.54, 1.807) is 17.9 Å². The van der Waals surface area contributed by atoms with Crippen LogP contribution < -0.4 is 5.32 Å². The molecule has 0 saturated carbocycles. The number of thiophene rings is 2. The van der Waals surface area contributed by atoms with Crippen LogP contribution in [0.1, 0.15) is 39.5 Å². The van der Waals surface area contributed by atoms with Gasteiger partial charge in [0.15, 0.2) is 0 Å². The first-order valence-corrected chi connectivity index (χ1v) is 10.3. The van der Waals surface area contributed by atoms with Gasteiger partial charge in [-0.2, -0.15) is 0 Å². The second-order valence-corrected chi connectivity index (χ2v) is 8.04. The van der Waals surface area contributed by atoms with Crippen molar-refractivity contribution in [2.45, 2.75) is 26.8 Å². The van der Waals surface area contributed by atoms with Crippen LogP contribution in [0.15, 0.2) is 23.6 Å². The van der Waals surface area contributed by atoms with E-state index in [2.05, 4.69) is 5.32 Å². The lowest BCUT2D eigenvalue weighted by atomic mass is 10.0. The van der Waals surface area contributed by atoms with E-state index in [9.17, 15) is 14.4 Å². The van der Waals surface area contributed by atoms with E-state index < -0.39 is 5.97 Å². The van der Waals surface area contributed by atoms with Gasteiger partial charge in [0.25, 0.3) is 0 Å². The Morgan fingerprint density at radius 1 is 1.37 bits per heavy atom. The molecule has 3 rings (SSSR count). The Bertz CT molecular complexity index is 884. The van der Waals surface area contributed by atoms with Gasteiger partial charge in [0.1, 0.15) is 5.00 Å². The number of amides is 2. The van der Waals surface area contributed by atoms with Gasteiger partial charge in [-0.05, 0) is 36.4 Å². The van der Waals surface area contributed by atoms with E-state index in [-0.39, 0.29) is 18.4 Å². The Morgan fingerprint density at radius 3 is 2.85 bits per heavy atom. The number of carbonyl (C=O) groups is 3. The number of nitrogens with one attached hydrogen (secondary N) is 1. The number of rotatable bonds is 5. The fourth-order valence-corrected chi connectivity index (χ4v) is 4.75. The highest BCUT2D eigenvalue weighted by Gasteiger charge is 2.30. The summed E-state index contributed by atoms with van der Waals surface area (Å²) in [6.45, 7) is 4.54. The molecule has 0 saturated heterocycles. The lowest BCUT2D eigenvalue weighted by Crippen LogP contribution is -2.34. The molecule has 0 aliphatic carbocycles. The number of ether oxygens (including phenoxy) is 1. The molecule has 27 heavy (non-hydrogen) atoms. The van der Waals surface area contributed by atoms with Gasteiger partial charge >= 0.3 is 5.97 Å². The van der Waals surface area contributed by atoms with Crippen molar-refractivity contribution in [2.24, 2.45) is 0 Å². The second-order valence-electron chi connectivity index (χ2n) is 5.96. The van der Waals surface area contributed by atoms with Crippen molar-refractivity contribution in [3.8, 4) is 0 Å². The molecule has 0 atom stereocenters. The molecule has 3 heterocycles. The number of nitrogens with zero attached hydrogens (tertiary/aromatic N) is 1. The average Bonchev–Trinajstić information content (AvgIpc) is 3.26. The van der Waals surface area contributed by atoms with Crippen molar-refractivity contribution in [3.63, 3.8) is 0 Å². The van der Waals surface area contributed by atoms with Crippen molar-refractivity contribution in [1.29, 1.82) is 0 Å². The maximum Gasteiger partial charge on any atom is 0.341 e. The second kappa shape index (κ2) is 8.49. The van der Waals surface area contributed by atoms with Crippen LogP contribution in [0.25, 0.3) is 6.08 Å². The molecule has 0 spiro atoms. The number of carbonyl (C=O) groups excluding carboxylic acids is 3. The molecule has 1 aliphatic rings. The standard InChI is InChI=1S/C19H20N2O4S2/c1-3-25-19(24)17-14-8-9-21(12(2)22)11-15(14)27-18(17)20-16(23)7-6-13-5-4-10-26-13/h4-7,10H,3,8-9,11H2,1-2H3,(H,20,23). The van der Waals surface area contributed by atoms with Gasteiger partial charge in [-0.3, -0.25) is 9.59 Å². The third-order valence-corrected chi connectivity index (χ3v) is 6.13. The topological polar surface area (TPSA) is 75.7 Å².